The summed E-state index contributed by atoms with van der Waals surface area (Å²) in [6.45, 7) is 0.400. The van der Waals surface area contributed by atoms with Crippen LogP contribution in [-0.2, 0) is 14.3 Å². The van der Waals surface area contributed by atoms with Gasteiger partial charge in [-0.05, 0) is 81.8 Å². The molecule has 2 fully saturated rings. The molecule has 0 saturated heterocycles. The smallest absolute Gasteiger partial charge is 0.308 e. The number of esters is 1. The van der Waals surface area contributed by atoms with Crippen LogP contribution in [0.15, 0.2) is 0 Å². The van der Waals surface area contributed by atoms with E-state index in [9.17, 15) is 9.59 Å². The number of aliphatic hydroxyl groups excluding tert-OH is 1. The van der Waals surface area contributed by atoms with Crippen molar-refractivity contribution in [1.82, 2.24) is 0 Å². The van der Waals surface area contributed by atoms with Gasteiger partial charge in [-0.3, -0.25) is 9.59 Å². The molecule has 5 atom stereocenters. The van der Waals surface area contributed by atoms with Gasteiger partial charge in [0.2, 0.25) is 0 Å². The number of carboxylic acid groups (broad SMARTS) is 1. The van der Waals surface area contributed by atoms with Gasteiger partial charge in [0.25, 0.3) is 0 Å². The van der Waals surface area contributed by atoms with E-state index in [0.29, 0.717) is 32.3 Å². The predicted molar refractivity (Wildman–Crippen MR) is 103 cm³/mol. The van der Waals surface area contributed by atoms with Crippen molar-refractivity contribution in [3.8, 4) is 0 Å². The lowest BCUT2D eigenvalue weighted by atomic mass is 9.82. The Labute approximate surface area is 161 Å². The number of carbonyl (C=O) groups is 2. The van der Waals surface area contributed by atoms with E-state index in [0.717, 1.165) is 35.8 Å². The third-order valence-electron chi connectivity index (χ3n) is 6.20. The standard InChI is InChI=1S/C20H34O5S/c1-26-18-13-16-12-17(18)11-15(16)8-7-14(5-4-9-21)20(24)25-10-3-2-6-19(22)23/h14-18,21H,2-13H2,1H3,(H,22,23). The first-order chi connectivity index (χ1) is 12.5. The highest BCUT2D eigenvalue weighted by molar-refractivity contribution is 7.99. The van der Waals surface area contributed by atoms with Gasteiger partial charge in [-0.2, -0.15) is 11.8 Å². The van der Waals surface area contributed by atoms with Crippen LogP contribution in [0.2, 0.25) is 0 Å². The van der Waals surface area contributed by atoms with Gasteiger partial charge in [-0.25, -0.2) is 0 Å². The SMILES string of the molecule is CSC1CC2CC1CC2CCC(CCCO)C(=O)OCCCCC(=O)O. The molecule has 2 rings (SSSR count). The van der Waals surface area contributed by atoms with E-state index in [2.05, 4.69) is 6.26 Å². The van der Waals surface area contributed by atoms with E-state index in [1.54, 1.807) is 0 Å². The summed E-state index contributed by atoms with van der Waals surface area (Å²) in [4.78, 5) is 22.9. The Bertz CT molecular complexity index is 455. The zero-order valence-corrected chi connectivity index (χ0v) is 16.7. The summed E-state index contributed by atoms with van der Waals surface area (Å²) in [7, 11) is 0. The number of hydrogen-bond acceptors (Lipinski definition) is 5. The molecule has 5 unspecified atom stereocenters. The maximum Gasteiger partial charge on any atom is 0.308 e. The van der Waals surface area contributed by atoms with Crippen LogP contribution in [0.25, 0.3) is 0 Å². The fourth-order valence-electron chi connectivity index (χ4n) is 4.79. The van der Waals surface area contributed by atoms with Crippen LogP contribution in [0.1, 0.15) is 64.2 Å². The number of carbonyl (C=O) groups excluding carboxylic acids is 1. The second-order valence-corrected chi connectivity index (χ2v) is 9.00. The van der Waals surface area contributed by atoms with Crippen LogP contribution in [0.5, 0.6) is 0 Å². The zero-order valence-electron chi connectivity index (χ0n) is 15.9. The number of aliphatic carboxylic acids is 1. The lowest BCUT2D eigenvalue weighted by Crippen LogP contribution is -2.23. The van der Waals surface area contributed by atoms with Gasteiger partial charge < -0.3 is 14.9 Å². The van der Waals surface area contributed by atoms with Crippen LogP contribution in [-0.4, -0.2) is 46.9 Å². The maximum atomic E-state index is 12.4. The minimum atomic E-state index is -0.813. The molecule has 26 heavy (non-hydrogen) atoms. The van der Waals surface area contributed by atoms with Crippen LogP contribution >= 0.6 is 11.8 Å². The van der Waals surface area contributed by atoms with Gasteiger partial charge in [-0.15, -0.1) is 0 Å². The van der Waals surface area contributed by atoms with Crippen molar-refractivity contribution in [1.29, 1.82) is 0 Å². The molecule has 0 radical (unpaired) electrons. The normalized spacial score (nSPS) is 28.2. The Morgan fingerprint density at radius 3 is 2.54 bits per heavy atom. The number of hydrogen-bond donors (Lipinski definition) is 2. The topological polar surface area (TPSA) is 83.8 Å². The molecular formula is C20H34O5S. The molecule has 0 spiro atoms. The van der Waals surface area contributed by atoms with Crippen molar-refractivity contribution in [2.24, 2.45) is 23.7 Å². The first kappa shape index (κ1) is 21.5. The molecule has 0 aliphatic heterocycles. The monoisotopic (exact) mass is 386 g/mol. The number of thioether (sulfide) groups is 1. The molecule has 0 heterocycles. The van der Waals surface area contributed by atoms with Crippen molar-refractivity contribution in [2.45, 2.75) is 69.5 Å². The zero-order chi connectivity index (χ0) is 18.9. The number of aliphatic hydroxyl groups is 1. The van der Waals surface area contributed by atoms with E-state index in [-0.39, 0.29) is 24.9 Å². The van der Waals surface area contributed by atoms with Crippen LogP contribution in [0, 0.1) is 23.7 Å². The Morgan fingerprint density at radius 1 is 1.12 bits per heavy atom. The lowest BCUT2D eigenvalue weighted by Gasteiger charge is -2.28. The van der Waals surface area contributed by atoms with E-state index < -0.39 is 5.97 Å². The highest BCUT2D eigenvalue weighted by Crippen LogP contribution is 2.53. The second-order valence-electron chi connectivity index (χ2n) is 7.92. The fourth-order valence-corrected chi connectivity index (χ4v) is 5.83. The first-order valence-corrected chi connectivity index (χ1v) is 11.4. The average molecular weight is 387 g/mol. The molecule has 2 aliphatic carbocycles. The third kappa shape index (κ3) is 6.45. The molecule has 6 heteroatoms. The summed E-state index contributed by atoms with van der Waals surface area (Å²) < 4.78 is 5.38. The van der Waals surface area contributed by atoms with Crippen molar-refractivity contribution in [3.63, 3.8) is 0 Å². The number of ether oxygens (including phenoxy) is 1. The molecule has 5 nitrogen and oxygen atoms in total. The summed E-state index contributed by atoms with van der Waals surface area (Å²) in [6.07, 6.45) is 10.7. The molecule has 2 saturated carbocycles. The molecule has 0 amide bonds. The molecule has 0 aromatic carbocycles. The van der Waals surface area contributed by atoms with E-state index >= 15 is 0 Å². The number of rotatable bonds is 13. The molecule has 150 valence electrons. The Balaban J connectivity index is 1.71. The van der Waals surface area contributed by atoms with E-state index in [4.69, 9.17) is 14.9 Å². The summed E-state index contributed by atoms with van der Waals surface area (Å²) in [5.41, 5.74) is 0. The summed E-state index contributed by atoms with van der Waals surface area (Å²) >= 11 is 2.01. The third-order valence-corrected chi connectivity index (χ3v) is 7.38. The van der Waals surface area contributed by atoms with Gasteiger partial charge in [-0.1, -0.05) is 0 Å². The predicted octanol–water partition coefficient (Wildman–Crippen LogP) is 3.73. The highest BCUT2D eigenvalue weighted by atomic mass is 32.2. The fraction of sp³-hybridized carbons (Fsp3) is 0.900. The van der Waals surface area contributed by atoms with Gasteiger partial charge in [0.05, 0.1) is 12.5 Å². The Kier molecular flexibility index (Phi) is 9.26. The first-order valence-electron chi connectivity index (χ1n) is 10.1. The summed E-state index contributed by atoms with van der Waals surface area (Å²) in [5.74, 6) is 1.35. The Morgan fingerprint density at radius 2 is 1.92 bits per heavy atom. The molecule has 0 aromatic rings. The molecule has 0 aromatic heterocycles. The second kappa shape index (κ2) is 11.2. The minimum Gasteiger partial charge on any atom is -0.481 e. The van der Waals surface area contributed by atoms with Gasteiger partial charge >= 0.3 is 11.9 Å². The van der Waals surface area contributed by atoms with Crippen molar-refractivity contribution in [2.75, 3.05) is 19.5 Å². The summed E-state index contributed by atoms with van der Waals surface area (Å²) in [5, 5.41) is 18.6. The van der Waals surface area contributed by atoms with E-state index in [1.165, 1.54) is 19.3 Å². The largest absolute Gasteiger partial charge is 0.481 e. The van der Waals surface area contributed by atoms with Crippen molar-refractivity contribution < 1.29 is 24.5 Å². The molecule has 2 bridgehead atoms. The lowest BCUT2D eigenvalue weighted by molar-refractivity contribution is -0.149. The number of carboxylic acids is 1. The van der Waals surface area contributed by atoms with Crippen molar-refractivity contribution in [3.05, 3.63) is 0 Å². The number of unbranched alkanes of at least 4 members (excludes halogenated alkanes) is 1. The quantitative estimate of drug-likeness (QED) is 0.371. The average Bonchev–Trinajstić information content (AvgIpc) is 3.21. The van der Waals surface area contributed by atoms with Gasteiger partial charge in [0, 0.05) is 18.3 Å². The van der Waals surface area contributed by atoms with Crippen LogP contribution < -0.4 is 0 Å². The number of fused-ring (bicyclic) bond motifs is 2. The molecule has 2 N–H and O–H groups in total. The minimum absolute atomic E-state index is 0.103. The molecule has 2 aliphatic rings. The van der Waals surface area contributed by atoms with Crippen molar-refractivity contribution >= 4 is 23.7 Å². The maximum absolute atomic E-state index is 12.4. The Hall–Kier alpha value is -0.750. The summed E-state index contributed by atoms with van der Waals surface area (Å²) in [6, 6.07) is 0. The highest BCUT2D eigenvalue weighted by Gasteiger charge is 2.45. The molecular weight excluding hydrogens is 352 g/mol. The van der Waals surface area contributed by atoms with E-state index in [1.807, 2.05) is 11.8 Å². The van der Waals surface area contributed by atoms with Crippen LogP contribution in [0.4, 0.5) is 0 Å². The van der Waals surface area contributed by atoms with Gasteiger partial charge in [0.15, 0.2) is 0 Å². The van der Waals surface area contributed by atoms with Crippen LogP contribution in [0.3, 0.4) is 0 Å². The van der Waals surface area contributed by atoms with Gasteiger partial charge in [0.1, 0.15) is 0 Å².